The number of carbonyl (C=O) groups is 2. The summed E-state index contributed by atoms with van der Waals surface area (Å²) in [6.45, 7) is 4.92. The van der Waals surface area contributed by atoms with Crippen LogP contribution >= 0.6 is 0 Å². The summed E-state index contributed by atoms with van der Waals surface area (Å²) in [5, 5.41) is 23.1. The monoisotopic (exact) mass is 932 g/mol. The summed E-state index contributed by atoms with van der Waals surface area (Å²) in [4.78, 5) is 24.5. The van der Waals surface area contributed by atoms with Gasteiger partial charge in [-0.25, -0.2) is 0 Å². The Hall–Kier alpha value is -1.40. The zero-order valence-electron chi connectivity index (χ0n) is 44.7. The predicted molar refractivity (Wildman–Crippen MR) is 287 cm³/mol. The number of hydrogen-bond acceptors (Lipinski definition) is 5. The van der Waals surface area contributed by atoms with Crippen molar-refractivity contribution >= 4 is 11.9 Å². The van der Waals surface area contributed by atoms with Gasteiger partial charge in [0.15, 0.2) is 0 Å². The van der Waals surface area contributed by atoms with Gasteiger partial charge in [0.25, 0.3) is 0 Å². The van der Waals surface area contributed by atoms with Gasteiger partial charge in [-0.05, 0) is 32.1 Å². The standard InChI is InChI=1S/C60H117NO5/c1-3-5-7-9-11-13-15-17-18-25-29-32-36-40-44-48-52-58(63)57(56-62)61-59(64)53-49-45-41-37-33-30-26-23-21-19-20-22-24-27-31-35-39-43-47-51-55-66-60(65)54-50-46-42-38-34-28-16-14-12-10-8-6-4-2/h48,52,57-58,62-63H,3-47,49-51,53-56H2,1-2H3,(H,61,64)/b52-48+. The molecule has 0 fully saturated rings. The van der Waals surface area contributed by atoms with Gasteiger partial charge in [0, 0.05) is 12.8 Å². The second-order valence-corrected chi connectivity index (χ2v) is 20.7. The van der Waals surface area contributed by atoms with E-state index in [0.717, 1.165) is 38.5 Å². The average Bonchev–Trinajstić information content (AvgIpc) is 3.32. The van der Waals surface area contributed by atoms with Crippen LogP contribution < -0.4 is 5.32 Å². The molecule has 1 amide bonds. The topological polar surface area (TPSA) is 95.9 Å². The Morgan fingerprint density at radius 2 is 0.697 bits per heavy atom. The number of ether oxygens (including phenoxy) is 1. The van der Waals surface area contributed by atoms with Gasteiger partial charge >= 0.3 is 5.97 Å². The number of unbranched alkanes of at least 4 members (excludes halogenated alkanes) is 45. The Morgan fingerprint density at radius 3 is 1.03 bits per heavy atom. The van der Waals surface area contributed by atoms with E-state index in [1.807, 2.05) is 6.08 Å². The maximum Gasteiger partial charge on any atom is 0.305 e. The molecule has 66 heavy (non-hydrogen) atoms. The van der Waals surface area contributed by atoms with Gasteiger partial charge in [0.2, 0.25) is 5.91 Å². The maximum absolute atomic E-state index is 12.5. The molecule has 0 aliphatic heterocycles. The van der Waals surface area contributed by atoms with E-state index in [-0.39, 0.29) is 18.5 Å². The molecular weight excluding hydrogens is 815 g/mol. The molecule has 2 atom stereocenters. The summed E-state index contributed by atoms with van der Waals surface area (Å²) < 4.78 is 5.48. The highest BCUT2D eigenvalue weighted by molar-refractivity contribution is 5.76. The number of carbonyl (C=O) groups excluding carboxylic acids is 2. The van der Waals surface area contributed by atoms with E-state index in [4.69, 9.17) is 4.74 Å². The molecule has 0 aliphatic rings. The van der Waals surface area contributed by atoms with Crippen molar-refractivity contribution < 1.29 is 24.5 Å². The van der Waals surface area contributed by atoms with Gasteiger partial charge < -0.3 is 20.3 Å². The first-order valence-electron chi connectivity index (χ1n) is 30.0. The van der Waals surface area contributed by atoms with E-state index in [1.165, 1.54) is 270 Å². The van der Waals surface area contributed by atoms with Crippen molar-refractivity contribution in [3.63, 3.8) is 0 Å². The van der Waals surface area contributed by atoms with Gasteiger partial charge in [0.05, 0.1) is 25.4 Å². The summed E-state index contributed by atoms with van der Waals surface area (Å²) in [7, 11) is 0. The third-order valence-corrected chi connectivity index (χ3v) is 14.1. The van der Waals surface area contributed by atoms with E-state index in [9.17, 15) is 19.8 Å². The van der Waals surface area contributed by atoms with E-state index < -0.39 is 12.1 Å². The highest BCUT2D eigenvalue weighted by Crippen LogP contribution is 2.18. The molecule has 0 aromatic heterocycles. The van der Waals surface area contributed by atoms with Crippen molar-refractivity contribution in [2.75, 3.05) is 13.2 Å². The van der Waals surface area contributed by atoms with Gasteiger partial charge in [-0.2, -0.15) is 0 Å². The van der Waals surface area contributed by atoms with Gasteiger partial charge in [-0.15, -0.1) is 0 Å². The van der Waals surface area contributed by atoms with Crippen LogP contribution in [-0.2, 0) is 14.3 Å². The fraction of sp³-hybridized carbons (Fsp3) is 0.933. The van der Waals surface area contributed by atoms with E-state index in [1.54, 1.807) is 6.08 Å². The minimum atomic E-state index is -0.845. The van der Waals surface area contributed by atoms with Crippen LogP contribution in [0.2, 0.25) is 0 Å². The number of esters is 1. The molecule has 3 N–H and O–H groups in total. The summed E-state index contributed by atoms with van der Waals surface area (Å²) in [6.07, 6.45) is 66.7. The molecule has 6 nitrogen and oxygen atoms in total. The summed E-state index contributed by atoms with van der Waals surface area (Å²) in [5.41, 5.74) is 0. The lowest BCUT2D eigenvalue weighted by molar-refractivity contribution is -0.143. The van der Waals surface area contributed by atoms with Gasteiger partial charge in [-0.1, -0.05) is 302 Å². The molecule has 2 unspecified atom stereocenters. The van der Waals surface area contributed by atoms with Crippen LogP contribution in [0.25, 0.3) is 0 Å². The highest BCUT2D eigenvalue weighted by Gasteiger charge is 2.18. The van der Waals surface area contributed by atoms with E-state index in [2.05, 4.69) is 19.2 Å². The zero-order chi connectivity index (χ0) is 47.9. The van der Waals surface area contributed by atoms with Crippen LogP contribution in [0.5, 0.6) is 0 Å². The van der Waals surface area contributed by atoms with E-state index >= 15 is 0 Å². The van der Waals surface area contributed by atoms with Crippen LogP contribution in [0.1, 0.15) is 335 Å². The molecule has 0 radical (unpaired) electrons. The molecule has 392 valence electrons. The second kappa shape index (κ2) is 56.2. The number of nitrogens with one attached hydrogen (secondary N) is 1. The lowest BCUT2D eigenvalue weighted by Crippen LogP contribution is -2.45. The normalized spacial score (nSPS) is 12.6. The third-order valence-electron chi connectivity index (χ3n) is 14.1. The van der Waals surface area contributed by atoms with Crippen molar-refractivity contribution in [1.82, 2.24) is 5.32 Å². The van der Waals surface area contributed by atoms with Crippen molar-refractivity contribution in [1.29, 1.82) is 0 Å². The van der Waals surface area contributed by atoms with Crippen LogP contribution in [0.4, 0.5) is 0 Å². The smallest absolute Gasteiger partial charge is 0.305 e. The highest BCUT2D eigenvalue weighted by atomic mass is 16.5. The molecule has 0 rings (SSSR count). The minimum absolute atomic E-state index is 0.0120. The van der Waals surface area contributed by atoms with E-state index in [0.29, 0.717) is 19.4 Å². The fourth-order valence-corrected chi connectivity index (χ4v) is 9.46. The van der Waals surface area contributed by atoms with Crippen LogP contribution in [0.15, 0.2) is 12.2 Å². The Morgan fingerprint density at radius 1 is 0.409 bits per heavy atom. The Balaban J connectivity index is 3.41. The van der Waals surface area contributed by atoms with Crippen LogP contribution in [0.3, 0.4) is 0 Å². The first-order chi connectivity index (χ1) is 32.5. The van der Waals surface area contributed by atoms with Crippen molar-refractivity contribution in [3.05, 3.63) is 12.2 Å². The first kappa shape index (κ1) is 64.6. The predicted octanol–water partition coefficient (Wildman–Crippen LogP) is 18.5. The third kappa shape index (κ3) is 52.0. The van der Waals surface area contributed by atoms with Gasteiger partial charge in [0.1, 0.15) is 0 Å². The molecular formula is C60H117NO5. The Bertz CT molecular complexity index is 986. The Labute approximate surface area is 412 Å². The quantitative estimate of drug-likeness (QED) is 0.0321. The summed E-state index contributed by atoms with van der Waals surface area (Å²) in [5.74, 6) is -0.0554. The molecule has 0 aromatic rings. The van der Waals surface area contributed by atoms with Crippen molar-refractivity contribution in [2.24, 2.45) is 0 Å². The first-order valence-corrected chi connectivity index (χ1v) is 30.0. The molecule has 6 heteroatoms. The second-order valence-electron chi connectivity index (χ2n) is 20.7. The lowest BCUT2D eigenvalue weighted by Gasteiger charge is -2.20. The SMILES string of the molecule is CCCCCCCCCCCCCCCC/C=C/C(O)C(CO)NC(=O)CCCCCCCCCCCCCCCCCCCCCCOC(=O)CCCCCCCCCCCCCCC. The maximum atomic E-state index is 12.5. The number of rotatable bonds is 56. The number of aliphatic hydroxyl groups excluding tert-OH is 2. The number of hydrogen-bond donors (Lipinski definition) is 3. The molecule has 0 saturated carbocycles. The van der Waals surface area contributed by atoms with Crippen LogP contribution in [0, 0.1) is 0 Å². The van der Waals surface area contributed by atoms with Gasteiger partial charge in [-0.3, -0.25) is 9.59 Å². The number of aliphatic hydroxyl groups is 2. The summed E-state index contributed by atoms with van der Waals surface area (Å²) in [6, 6.07) is -0.628. The molecule has 0 aromatic carbocycles. The molecule has 0 saturated heterocycles. The Kier molecular flexibility index (Phi) is 55.0. The molecule has 0 aliphatic carbocycles. The number of amides is 1. The van der Waals surface area contributed by atoms with Crippen LogP contribution in [-0.4, -0.2) is 47.4 Å². The number of allylic oxidation sites excluding steroid dienone is 1. The molecule has 0 spiro atoms. The minimum Gasteiger partial charge on any atom is -0.466 e. The largest absolute Gasteiger partial charge is 0.466 e. The lowest BCUT2D eigenvalue weighted by atomic mass is 10.0. The summed E-state index contributed by atoms with van der Waals surface area (Å²) >= 11 is 0. The van der Waals surface area contributed by atoms with Crippen molar-refractivity contribution in [2.45, 2.75) is 347 Å². The van der Waals surface area contributed by atoms with Crippen molar-refractivity contribution in [3.8, 4) is 0 Å². The molecule has 0 bridgehead atoms. The average molecular weight is 933 g/mol. The fourth-order valence-electron chi connectivity index (χ4n) is 9.46. The zero-order valence-corrected chi connectivity index (χ0v) is 44.7. The molecule has 0 heterocycles.